The fourth-order valence-corrected chi connectivity index (χ4v) is 1.67. The Bertz CT molecular complexity index is 335. The first-order valence-corrected chi connectivity index (χ1v) is 4.59. The fourth-order valence-electron chi connectivity index (χ4n) is 1.40. The van der Waals surface area contributed by atoms with Gasteiger partial charge in [-0.15, -0.1) is 0 Å². The van der Waals surface area contributed by atoms with Crippen molar-refractivity contribution < 1.29 is 9.50 Å². The van der Waals surface area contributed by atoms with E-state index in [0.29, 0.717) is 5.56 Å². The molecule has 0 unspecified atom stereocenters. The molecule has 70 valence electrons. The van der Waals surface area contributed by atoms with Gasteiger partial charge >= 0.3 is 0 Å². The van der Waals surface area contributed by atoms with Crippen molar-refractivity contribution in [3.8, 4) is 0 Å². The number of hydrogen-bond donors (Lipinski definition) is 1. The molecule has 1 saturated carbocycles. The number of halogens is 2. The smallest absolute Gasteiger partial charge is 0.144 e. The predicted octanol–water partition coefficient (Wildman–Crippen LogP) is 2.77. The normalized spacial score (nSPS) is 18.8. The van der Waals surface area contributed by atoms with Crippen molar-refractivity contribution in [1.29, 1.82) is 0 Å². The van der Waals surface area contributed by atoms with Gasteiger partial charge in [0.2, 0.25) is 0 Å². The lowest BCUT2D eigenvalue weighted by molar-refractivity contribution is 0.151. The van der Waals surface area contributed by atoms with E-state index in [4.69, 9.17) is 11.6 Å². The van der Waals surface area contributed by atoms with E-state index >= 15 is 0 Å². The van der Waals surface area contributed by atoms with Gasteiger partial charge < -0.3 is 5.11 Å². The minimum Gasteiger partial charge on any atom is -0.385 e. The summed E-state index contributed by atoms with van der Waals surface area (Å²) in [6.07, 6.45) is 1.49. The summed E-state index contributed by atoms with van der Waals surface area (Å²) in [6, 6.07) is 3.17. The molecule has 0 heterocycles. The molecule has 1 aromatic rings. The van der Waals surface area contributed by atoms with E-state index in [0.717, 1.165) is 18.4 Å². The van der Waals surface area contributed by atoms with Gasteiger partial charge in [0, 0.05) is 0 Å². The second kappa shape index (κ2) is 2.69. The van der Waals surface area contributed by atoms with Crippen molar-refractivity contribution in [3.63, 3.8) is 0 Å². The van der Waals surface area contributed by atoms with Crippen LogP contribution in [0.3, 0.4) is 0 Å². The minimum atomic E-state index is -0.734. The monoisotopic (exact) mass is 200 g/mol. The lowest BCUT2D eigenvalue weighted by atomic mass is 10.0. The molecule has 1 fully saturated rings. The predicted molar refractivity (Wildman–Crippen MR) is 49.3 cm³/mol. The van der Waals surface area contributed by atoms with Gasteiger partial charge in [0.15, 0.2) is 0 Å². The quantitative estimate of drug-likeness (QED) is 0.739. The van der Waals surface area contributed by atoms with Crippen molar-refractivity contribution in [2.75, 3.05) is 0 Å². The molecular weight excluding hydrogens is 191 g/mol. The summed E-state index contributed by atoms with van der Waals surface area (Å²) in [7, 11) is 0. The van der Waals surface area contributed by atoms with Crippen LogP contribution < -0.4 is 0 Å². The Hall–Kier alpha value is -0.600. The first-order valence-electron chi connectivity index (χ1n) is 4.21. The van der Waals surface area contributed by atoms with Crippen molar-refractivity contribution in [3.05, 3.63) is 34.1 Å². The maximum Gasteiger partial charge on any atom is 0.144 e. The Balaban J connectivity index is 2.50. The van der Waals surface area contributed by atoms with Crippen LogP contribution in [0.4, 0.5) is 4.39 Å². The number of rotatable bonds is 1. The molecule has 2 rings (SSSR count). The number of aliphatic hydroxyl groups is 1. The van der Waals surface area contributed by atoms with Crippen LogP contribution in [0.5, 0.6) is 0 Å². The Morgan fingerprint density at radius 1 is 1.46 bits per heavy atom. The molecule has 0 aliphatic heterocycles. The van der Waals surface area contributed by atoms with Gasteiger partial charge in [-0.1, -0.05) is 17.7 Å². The number of benzene rings is 1. The van der Waals surface area contributed by atoms with Crippen molar-refractivity contribution >= 4 is 11.6 Å². The second-order valence-corrected chi connectivity index (χ2v) is 4.03. The second-order valence-electron chi connectivity index (χ2n) is 3.62. The van der Waals surface area contributed by atoms with E-state index < -0.39 is 11.4 Å². The summed E-state index contributed by atoms with van der Waals surface area (Å²) in [4.78, 5) is 0. The van der Waals surface area contributed by atoms with Crippen LogP contribution in [-0.4, -0.2) is 5.11 Å². The highest BCUT2D eigenvalue weighted by Crippen LogP contribution is 2.46. The highest BCUT2D eigenvalue weighted by Gasteiger charge is 2.42. The van der Waals surface area contributed by atoms with Crippen molar-refractivity contribution in [2.24, 2.45) is 0 Å². The van der Waals surface area contributed by atoms with E-state index in [1.165, 1.54) is 6.07 Å². The topological polar surface area (TPSA) is 20.2 Å². The zero-order valence-corrected chi connectivity index (χ0v) is 8.03. The van der Waals surface area contributed by atoms with Crippen LogP contribution in [0, 0.1) is 12.7 Å². The Morgan fingerprint density at radius 3 is 2.54 bits per heavy atom. The Kier molecular flexibility index (Phi) is 1.86. The highest BCUT2D eigenvalue weighted by atomic mass is 35.5. The molecular formula is C10H10ClFO. The molecule has 1 N–H and O–H groups in total. The van der Waals surface area contributed by atoms with Crippen LogP contribution in [0.25, 0.3) is 0 Å². The van der Waals surface area contributed by atoms with Gasteiger partial charge in [0.25, 0.3) is 0 Å². The summed E-state index contributed by atoms with van der Waals surface area (Å²) >= 11 is 5.67. The standard InChI is InChI=1S/C10H10ClFO/c1-6-4-7(10(13)2-3-10)5-8(11)9(6)12/h4-5,13H,2-3H2,1H3. The van der Waals surface area contributed by atoms with E-state index in [9.17, 15) is 9.50 Å². The molecule has 1 nitrogen and oxygen atoms in total. The molecule has 1 aliphatic carbocycles. The highest BCUT2D eigenvalue weighted by molar-refractivity contribution is 6.30. The summed E-state index contributed by atoms with van der Waals surface area (Å²) in [5.41, 5.74) is 0.487. The molecule has 1 aromatic carbocycles. The summed E-state index contributed by atoms with van der Waals surface area (Å²) in [6.45, 7) is 1.65. The van der Waals surface area contributed by atoms with Gasteiger partial charge in [-0.2, -0.15) is 0 Å². The zero-order chi connectivity index (χ0) is 9.64. The molecule has 13 heavy (non-hydrogen) atoms. The average Bonchev–Trinajstić information content (AvgIpc) is 2.80. The number of aryl methyl sites for hydroxylation is 1. The van der Waals surface area contributed by atoms with Crippen LogP contribution in [0.1, 0.15) is 24.0 Å². The summed E-state index contributed by atoms with van der Waals surface area (Å²) in [5, 5.41) is 9.85. The molecule has 0 bridgehead atoms. The van der Waals surface area contributed by atoms with Gasteiger partial charge in [-0.3, -0.25) is 0 Å². The summed E-state index contributed by atoms with van der Waals surface area (Å²) < 4.78 is 13.1. The lowest BCUT2D eigenvalue weighted by Crippen LogP contribution is -2.05. The largest absolute Gasteiger partial charge is 0.385 e. The van der Waals surface area contributed by atoms with Crippen LogP contribution >= 0.6 is 11.6 Å². The van der Waals surface area contributed by atoms with Gasteiger partial charge in [-0.25, -0.2) is 4.39 Å². The third-order valence-corrected chi connectivity index (χ3v) is 2.75. The third-order valence-electron chi connectivity index (χ3n) is 2.47. The molecule has 0 atom stereocenters. The van der Waals surface area contributed by atoms with E-state index in [1.54, 1.807) is 13.0 Å². The first kappa shape index (κ1) is 8.97. The van der Waals surface area contributed by atoms with Crippen molar-refractivity contribution in [1.82, 2.24) is 0 Å². The van der Waals surface area contributed by atoms with Gasteiger partial charge in [0.1, 0.15) is 5.82 Å². The summed E-state index contributed by atoms with van der Waals surface area (Å²) in [5.74, 6) is -0.394. The molecule has 0 spiro atoms. The van der Waals surface area contributed by atoms with Crippen LogP contribution in [-0.2, 0) is 5.60 Å². The maximum absolute atomic E-state index is 13.1. The van der Waals surface area contributed by atoms with Crippen molar-refractivity contribution in [2.45, 2.75) is 25.4 Å². The van der Waals surface area contributed by atoms with E-state index in [2.05, 4.69) is 0 Å². The lowest BCUT2D eigenvalue weighted by Gasteiger charge is -2.10. The van der Waals surface area contributed by atoms with Gasteiger partial charge in [0.05, 0.1) is 10.6 Å². The molecule has 0 saturated heterocycles. The Labute approximate surface area is 81.1 Å². The first-order chi connectivity index (χ1) is 6.03. The van der Waals surface area contributed by atoms with E-state index in [-0.39, 0.29) is 5.02 Å². The molecule has 1 aliphatic rings. The minimum absolute atomic E-state index is 0.0929. The van der Waals surface area contributed by atoms with Gasteiger partial charge in [-0.05, 0) is 37.0 Å². The average molecular weight is 201 g/mol. The maximum atomic E-state index is 13.1. The molecule has 3 heteroatoms. The third kappa shape index (κ3) is 1.45. The van der Waals surface area contributed by atoms with Crippen LogP contribution in [0.2, 0.25) is 5.02 Å². The van der Waals surface area contributed by atoms with Crippen LogP contribution in [0.15, 0.2) is 12.1 Å². The zero-order valence-electron chi connectivity index (χ0n) is 7.27. The number of hydrogen-bond acceptors (Lipinski definition) is 1. The molecule has 0 radical (unpaired) electrons. The molecule has 0 amide bonds. The Morgan fingerprint density at radius 2 is 2.08 bits per heavy atom. The molecule has 0 aromatic heterocycles. The fraction of sp³-hybridized carbons (Fsp3) is 0.400. The SMILES string of the molecule is Cc1cc(C2(O)CC2)cc(Cl)c1F. The van der Waals surface area contributed by atoms with E-state index in [1.807, 2.05) is 0 Å².